The number of morpholine rings is 1. The van der Waals surface area contributed by atoms with Crippen molar-refractivity contribution in [3.05, 3.63) is 29.7 Å². The Morgan fingerprint density at radius 3 is 2.68 bits per heavy atom. The van der Waals surface area contributed by atoms with Gasteiger partial charge < -0.3 is 19.8 Å². The molecular formula is C20H26FN3O4. The molecule has 0 aliphatic carbocycles. The quantitative estimate of drug-likeness (QED) is 0.766. The van der Waals surface area contributed by atoms with E-state index in [4.69, 9.17) is 9.47 Å². The highest BCUT2D eigenvalue weighted by Crippen LogP contribution is 2.29. The van der Waals surface area contributed by atoms with Crippen molar-refractivity contribution in [2.45, 2.75) is 45.9 Å². The Balaban J connectivity index is 1.89. The zero-order chi connectivity index (χ0) is 20.4. The molecule has 7 nitrogen and oxygen atoms in total. The van der Waals surface area contributed by atoms with Crippen molar-refractivity contribution in [1.29, 1.82) is 0 Å². The summed E-state index contributed by atoms with van der Waals surface area (Å²) in [6.07, 6.45) is 0.0487. The number of amides is 1. The zero-order valence-electron chi connectivity index (χ0n) is 16.5. The number of nitrogens with zero attached hydrogens (tertiary/aromatic N) is 1. The van der Waals surface area contributed by atoms with E-state index >= 15 is 0 Å². The van der Waals surface area contributed by atoms with Gasteiger partial charge in [-0.25, -0.2) is 9.18 Å². The number of fused-ring (bicyclic) bond motifs is 1. The highest BCUT2D eigenvalue weighted by molar-refractivity contribution is 6.11. The molecule has 0 radical (unpaired) electrons. The summed E-state index contributed by atoms with van der Waals surface area (Å²) in [6.45, 7) is 8.89. The lowest BCUT2D eigenvalue weighted by molar-refractivity contribution is -0.126. The number of hydrogen-bond acceptors (Lipinski definition) is 5. The monoisotopic (exact) mass is 391 g/mol. The molecule has 1 aliphatic rings. The summed E-state index contributed by atoms with van der Waals surface area (Å²) in [6, 6.07) is 3.66. The summed E-state index contributed by atoms with van der Waals surface area (Å²) in [5.74, 6) is -1.34. The Morgan fingerprint density at radius 2 is 2.04 bits per heavy atom. The topological polar surface area (TPSA) is 83.7 Å². The minimum atomic E-state index is -0.601. The van der Waals surface area contributed by atoms with Crippen molar-refractivity contribution in [1.82, 2.24) is 9.88 Å². The molecule has 1 saturated heterocycles. The summed E-state index contributed by atoms with van der Waals surface area (Å²) >= 11 is 0. The van der Waals surface area contributed by atoms with Gasteiger partial charge in [-0.2, -0.15) is 0 Å². The molecular weight excluding hydrogens is 365 g/mol. The van der Waals surface area contributed by atoms with Gasteiger partial charge in [0.25, 0.3) is 0 Å². The van der Waals surface area contributed by atoms with E-state index in [1.807, 2.05) is 18.7 Å². The van der Waals surface area contributed by atoms with Gasteiger partial charge in [-0.1, -0.05) is 0 Å². The summed E-state index contributed by atoms with van der Waals surface area (Å²) in [5.41, 5.74) is 0.881. The predicted molar refractivity (Wildman–Crippen MR) is 104 cm³/mol. The highest BCUT2D eigenvalue weighted by atomic mass is 19.1. The first kappa shape index (κ1) is 20.3. The lowest BCUT2D eigenvalue weighted by Crippen LogP contribution is -2.52. The van der Waals surface area contributed by atoms with Crippen molar-refractivity contribution < 1.29 is 23.5 Å². The first-order valence-corrected chi connectivity index (χ1v) is 9.48. The standard InChI is InChI=1S/C20H26FN3O4/c1-5-27-20(26)18-17(15-8-14(21)6-7-16(15)22-18)23-19(25)13(4)24-9-11(2)28-12(3)10-24/h6-8,11-13,22H,5,9-10H2,1-4H3,(H,23,25)/t11-,12-,13-/m0/s1. The Bertz CT molecular complexity index is 872. The van der Waals surface area contributed by atoms with Gasteiger partial charge in [0.1, 0.15) is 11.5 Å². The van der Waals surface area contributed by atoms with Gasteiger partial charge in [0.15, 0.2) is 0 Å². The smallest absolute Gasteiger partial charge is 0.356 e. The van der Waals surface area contributed by atoms with Gasteiger partial charge in [-0.05, 0) is 45.9 Å². The first-order valence-electron chi connectivity index (χ1n) is 9.48. The molecule has 1 amide bonds. The molecule has 0 unspecified atom stereocenters. The second-order valence-electron chi connectivity index (χ2n) is 7.16. The van der Waals surface area contributed by atoms with Crippen molar-refractivity contribution >= 4 is 28.5 Å². The number of nitrogens with one attached hydrogen (secondary N) is 2. The van der Waals surface area contributed by atoms with E-state index in [1.165, 1.54) is 18.2 Å². The molecule has 0 saturated carbocycles. The van der Waals surface area contributed by atoms with Crippen molar-refractivity contribution in [3.63, 3.8) is 0 Å². The third kappa shape index (κ3) is 4.18. The molecule has 1 aromatic carbocycles. The summed E-state index contributed by atoms with van der Waals surface area (Å²) < 4.78 is 24.6. The molecule has 28 heavy (non-hydrogen) atoms. The summed E-state index contributed by atoms with van der Waals surface area (Å²) in [4.78, 5) is 30.2. The second kappa shape index (κ2) is 8.28. The molecule has 2 heterocycles. The number of carbonyl (C=O) groups excluding carboxylic acids is 2. The Morgan fingerprint density at radius 1 is 1.36 bits per heavy atom. The lowest BCUT2D eigenvalue weighted by Gasteiger charge is -2.38. The van der Waals surface area contributed by atoms with Crippen LogP contribution in [0.15, 0.2) is 18.2 Å². The van der Waals surface area contributed by atoms with E-state index in [1.54, 1.807) is 13.8 Å². The predicted octanol–water partition coefficient (Wildman–Crippen LogP) is 2.92. The Kier molecular flexibility index (Phi) is 6.00. The molecule has 1 aromatic heterocycles. The van der Waals surface area contributed by atoms with E-state index in [2.05, 4.69) is 10.3 Å². The maximum absolute atomic E-state index is 13.8. The number of rotatable bonds is 5. The van der Waals surface area contributed by atoms with E-state index in [0.717, 1.165) is 0 Å². The molecule has 0 spiro atoms. The SMILES string of the molecule is CCOC(=O)c1[nH]c2ccc(F)cc2c1NC(=O)[C@H](C)N1C[C@H](C)O[C@@H](C)C1. The fraction of sp³-hybridized carbons (Fsp3) is 0.500. The molecule has 3 atom stereocenters. The van der Waals surface area contributed by atoms with E-state index in [-0.39, 0.29) is 36.1 Å². The Hall–Kier alpha value is -2.45. The number of benzene rings is 1. The van der Waals surface area contributed by atoms with Gasteiger partial charge in [0, 0.05) is 24.0 Å². The van der Waals surface area contributed by atoms with Crippen LogP contribution in [0.5, 0.6) is 0 Å². The second-order valence-corrected chi connectivity index (χ2v) is 7.16. The molecule has 2 N–H and O–H groups in total. The minimum absolute atomic E-state index is 0.0243. The van der Waals surface area contributed by atoms with Crippen LogP contribution in [-0.4, -0.2) is 59.7 Å². The normalized spacial score (nSPS) is 21.5. The molecule has 0 bridgehead atoms. The van der Waals surface area contributed by atoms with Gasteiger partial charge >= 0.3 is 5.97 Å². The maximum atomic E-state index is 13.8. The number of esters is 1. The van der Waals surface area contributed by atoms with Crippen LogP contribution in [0.3, 0.4) is 0 Å². The van der Waals surface area contributed by atoms with Crippen molar-refractivity contribution in [2.24, 2.45) is 0 Å². The van der Waals surface area contributed by atoms with Crippen LogP contribution in [0.25, 0.3) is 10.9 Å². The number of aromatic amines is 1. The largest absolute Gasteiger partial charge is 0.461 e. The van der Waals surface area contributed by atoms with Crippen molar-refractivity contribution in [2.75, 3.05) is 25.0 Å². The number of H-pyrrole nitrogens is 1. The average Bonchev–Trinajstić information content (AvgIpc) is 2.98. The average molecular weight is 391 g/mol. The first-order chi connectivity index (χ1) is 13.3. The van der Waals surface area contributed by atoms with E-state index in [0.29, 0.717) is 24.0 Å². The number of carbonyl (C=O) groups is 2. The number of hydrogen-bond donors (Lipinski definition) is 2. The van der Waals surface area contributed by atoms with Crippen LogP contribution in [-0.2, 0) is 14.3 Å². The minimum Gasteiger partial charge on any atom is -0.461 e. The van der Waals surface area contributed by atoms with Gasteiger partial charge in [-0.3, -0.25) is 9.69 Å². The van der Waals surface area contributed by atoms with Crippen molar-refractivity contribution in [3.8, 4) is 0 Å². The molecule has 1 aliphatic heterocycles. The molecule has 152 valence electrons. The van der Waals surface area contributed by atoms with Crippen LogP contribution >= 0.6 is 0 Å². The molecule has 3 rings (SSSR count). The molecule has 1 fully saturated rings. The summed E-state index contributed by atoms with van der Waals surface area (Å²) in [5, 5.41) is 3.23. The summed E-state index contributed by atoms with van der Waals surface area (Å²) in [7, 11) is 0. The van der Waals surface area contributed by atoms with Crippen LogP contribution in [0.2, 0.25) is 0 Å². The van der Waals surface area contributed by atoms with Crippen LogP contribution in [0.4, 0.5) is 10.1 Å². The fourth-order valence-electron chi connectivity index (χ4n) is 3.58. The van der Waals surface area contributed by atoms with Crippen LogP contribution in [0, 0.1) is 5.82 Å². The molecule has 2 aromatic rings. The fourth-order valence-corrected chi connectivity index (χ4v) is 3.58. The number of ether oxygens (including phenoxy) is 2. The lowest BCUT2D eigenvalue weighted by atomic mass is 10.1. The number of anilines is 1. The van der Waals surface area contributed by atoms with Gasteiger partial charge in [0.2, 0.25) is 5.91 Å². The van der Waals surface area contributed by atoms with Crippen LogP contribution < -0.4 is 5.32 Å². The third-order valence-corrected chi connectivity index (χ3v) is 4.86. The molecule has 8 heteroatoms. The Labute approximate surface area is 163 Å². The highest BCUT2D eigenvalue weighted by Gasteiger charge is 2.30. The van der Waals surface area contributed by atoms with Gasteiger partial charge in [-0.15, -0.1) is 0 Å². The zero-order valence-corrected chi connectivity index (χ0v) is 16.5. The number of aromatic nitrogens is 1. The third-order valence-electron chi connectivity index (χ3n) is 4.86. The number of halogens is 1. The maximum Gasteiger partial charge on any atom is 0.356 e. The van der Waals surface area contributed by atoms with E-state index < -0.39 is 17.8 Å². The van der Waals surface area contributed by atoms with Gasteiger partial charge in [0.05, 0.1) is 30.5 Å². The van der Waals surface area contributed by atoms with E-state index in [9.17, 15) is 14.0 Å². The van der Waals surface area contributed by atoms with Crippen LogP contribution in [0.1, 0.15) is 38.2 Å².